The zero-order valence-electron chi connectivity index (χ0n) is 20.4. The number of likely N-dealkylation sites (N-methyl/N-ethyl adjacent to an activating group) is 1. The van der Waals surface area contributed by atoms with E-state index in [0.717, 1.165) is 43.9 Å². The number of anilines is 1. The molecule has 10 heteroatoms. The Labute approximate surface area is 210 Å². The third-order valence-corrected chi connectivity index (χ3v) is 6.47. The van der Waals surface area contributed by atoms with E-state index in [1.54, 1.807) is 0 Å². The maximum atomic E-state index is 13.3. The van der Waals surface area contributed by atoms with Gasteiger partial charge in [-0.3, -0.25) is 19.5 Å². The number of halogens is 1. The van der Waals surface area contributed by atoms with Crippen LogP contribution in [0, 0.1) is 5.82 Å². The molecule has 1 unspecified atom stereocenters. The van der Waals surface area contributed by atoms with E-state index in [9.17, 15) is 14.0 Å². The van der Waals surface area contributed by atoms with Gasteiger partial charge < -0.3 is 20.5 Å². The molecule has 3 N–H and O–H groups in total. The fourth-order valence-electron chi connectivity index (χ4n) is 4.35. The highest BCUT2D eigenvalue weighted by molar-refractivity contribution is 6.40. The first-order valence-electron chi connectivity index (χ1n) is 12.1. The zero-order chi connectivity index (χ0) is 25.5. The quantitative estimate of drug-likeness (QED) is 0.520. The monoisotopic (exact) mass is 497 g/mol. The number of benzene rings is 2. The second kappa shape index (κ2) is 12.0. The van der Waals surface area contributed by atoms with E-state index in [0.29, 0.717) is 18.3 Å². The molecule has 2 aliphatic heterocycles. The molecule has 0 saturated carbocycles. The number of carbonyl (C=O) groups is 2. The Hall–Kier alpha value is -3.50. The van der Waals surface area contributed by atoms with E-state index in [1.807, 2.05) is 24.3 Å². The van der Waals surface area contributed by atoms with Gasteiger partial charge in [-0.05, 0) is 61.9 Å². The zero-order valence-corrected chi connectivity index (χ0v) is 20.4. The molecule has 0 bridgehead atoms. The van der Waals surface area contributed by atoms with E-state index in [1.165, 1.54) is 29.3 Å². The first-order chi connectivity index (χ1) is 17.4. The average molecular weight is 498 g/mol. The summed E-state index contributed by atoms with van der Waals surface area (Å²) < 4.78 is 24.6. The summed E-state index contributed by atoms with van der Waals surface area (Å²) in [6.45, 7) is 3.27. The minimum absolute atomic E-state index is 0.0718. The highest BCUT2D eigenvalue weighted by Crippen LogP contribution is 2.25. The van der Waals surface area contributed by atoms with E-state index in [-0.39, 0.29) is 18.7 Å². The molecule has 2 heterocycles. The molecule has 1 saturated heterocycles. The van der Waals surface area contributed by atoms with Crippen LogP contribution in [0.3, 0.4) is 0 Å². The maximum Gasteiger partial charge on any atom is 0.267 e. The SMILES string of the molecule is CN(CCOc1cccc(CNC(=O)C2=NN(c3ccc(F)cc3)C(C(N)=O)C2)c1)C1CCOCC1. The number of carbonyl (C=O) groups excluding carboxylic acids is 2. The third-order valence-electron chi connectivity index (χ3n) is 6.47. The Balaban J connectivity index is 1.29. The fourth-order valence-corrected chi connectivity index (χ4v) is 4.35. The van der Waals surface area contributed by atoms with Crippen molar-refractivity contribution in [1.29, 1.82) is 0 Å². The number of hydrogen-bond donors (Lipinski definition) is 2. The van der Waals surface area contributed by atoms with Crippen LogP contribution < -0.4 is 20.8 Å². The second-order valence-electron chi connectivity index (χ2n) is 8.99. The van der Waals surface area contributed by atoms with Gasteiger partial charge in [0.1, 0.15) is 29.9 Å². The number of amides is 2. The van der Waals surface area contributed by atoms with Gasteiger partial charge in [0, 0.05) is 38.8 Å². The smallest absolute Gasteiger partial charge is 0.267 e. The van der Waals surface area contributed by atoms with Crippen molar-refractivity contribution in [3.8, 4) is 5.75 Å². The lowest BCUT2D eigenvalue weighted by Gasteiger charge is -2.31. The summed E-state index contributed by atoms with van der Waals surface area (Å²) in [4.78, 5) is 27.0. The van der Waals surface area contributed by atoms with Gasteiger partial charge in [-0.2, -0.15) is 5.10 Å². The van der Waals surface area contributed by atoms with Crippen molar-refractivity contribution in [3.05, 3.63) is 59.9 Å². The molecule has 1 atom stereocenters. The Bertz CT molecular complexity index is 1090. The molecule has 0 aromatic heterocycles. The van der Waals surface area contributed by atoms with Gasteiger partial charge in [-0.25, -0.2) is 4.39 Å². The molecule has 36 heavy (non-hydrogen) atoms. The Kier molecular flexibility index (Phi) is 8.50. The van der Waals surface area contributed by atoms with Crippen LogP contribution >= 0.6 is 0 Å². The van der Waals surface area contributed by atoms with Crippen molar-refractivity contribution in [2.75, 3.05) is 38.4 Å². The molecule has 1 fully saturated rings. The summed E-state index contributed by atoms with van der Waals surface area (Å²) in [6.07, 6.45) is 2.15. The highest BCUT2D eigenvalue weighted by atomic mass is 19.1. The number of ether oxygens (including phenoxy) is 2. The number of nitrogens with zero attached hydrogens (tertiary/aromatic N) is 3. The molecule has 0 spiro atoms. The lowest BCUT2D eigenvalue weighted by Crippen LogP contribution is -2.39. The van der Waals surface area contributed by atoms with Crippen molar-refractivity contribution in [2.24, 2.45) is 10.8 Å². The van der Waals surface area contributed by atoms with Crippen LogP contribution in [0.2, 0.25) is 0 Å². The number of hydrogen-bond acceptors (Lipinski definition) is 7. The van der Waals surface area contributed by atoms with Gasteiger partial charge in [-0.1, -0.05) is 12.1 Å². The summed E-state index contributed by atoms with van der Waals surface area (Å²) in [5.41, 5.74) is 7.06. The third kappa shape index (κ3) is 6.58. The minimum atomic E-state index is -0.813. The summed E-state index contributed by atoms with van der Waals surface area (Å²) in [7, 11) is 2.11. The van der Waals surface area contributed by atoms with E-state index in [2.05, 4.69) is 22.4 Å². The standard InChI is InChI=1S/C26H32FN5O4/c1-31(20-9-12-35-13-10-20)11-14-36-22-4-2-3-18(15-22)17-29-26(34)23-16-24(25(28)33)32(30-23)21-7-5-19(27)6-8-21/h2-8,15,20,24H,9-14,16-17H2,1H3,(H2,28,33)(H,29,34). The summed E-state index contributed by atoms with van der Waals surface area (Å²) >= 11 is 0. The largest absolute Gasteiger partial charge is 0.492 e. The van der Waals surface area contributed by atoms with Gasteiger partial charge in [0.05, 0.1) is 5.69 Å². The normalized spacial score (nSPS) is 18.2. The van der Waals surface area contributed by atoms with Crippen molar-refractivity contribution in [2.45, 2.75) is 37.9 Å². The van der Waals surface area contributed by atoms with E-state index in [4.69, 9.17) is 15.2 Å². The van der Waals surface area contributed by atoms with Crippen molar-refractivity contribution < 1.29 is 23.5 Å². The maximum absolute atomic E-state index is 13.3. The second-order valence-corrected chi connectivity index (χ2v) is 8.99. The Morgan fingerprint density at radius 1 is 1.22 bits per heavy atom. The fraction of sp³-hybridized carbons (Fsp3) is 0.423. The molecule has 192 valence electrons. The van der Waals surface area contributed by atoms with Crippen LogP contribution in [0.5, 0.6) is 5.75 Å². The van der Waals surface area contributed by atoms with Crippen molar-refractivity contribution in [1.82, 2.24) is 10.2 Å². The van der Waals surface area contributed by atoms with Crippen LogP contribution in [0.1, 0.15) is 24.8 Å². The summed E-state index contributed by atoms with van der Waals surface area (Å²) in [6, 6.07) is 12.8. The number of nitrogens with two attached hydrogens (primary N) is 1. The molecule has 0 radical (unpaired) electrons. The molecule has 0 aliphatic carbocycles. The van der Waals surface area contributed by atoms with Gasteiger partial charge in [0.2, 0.25) is 5.91 Å². The number of nitrogens with one attached hydrogen (secondary N) is 1. The first kappa shape index (κ1) is 25.6. The predicted octanol–water partition coefficient (Wildman–Crippen LogP) is 2.05. The molecular weight excluding hydrogens is 465 g/mol. The lowest BCUT2D eigenvalue weighted by molar-refractivity contribution is -0.119. The van der Waals surface area contributed by atoms with Gasteiger partial charge >= 0.3 is 0 Å². The summed E-state index contributed by atoms with van der Waals surface area (Å²) in [5, 5.41) is 8.50. The lowest BCUT2D eigenvalue weighted by atomic mass is 10.1. The average Bonchev–Trinajstić information content (AvgIpc) is 3.34. The van der Waals surface area contributed by atoms with Crippen LogP contribution in [0.4, 0.5) is 10.1 Å². The molecule has 4 rings (SSSR count). The molecule has 9 nitrogen and oxygen atoms in total. The highest BCUT2D eigenvalue weighted by Gasteiger charge is 2.34. The molecule has 2 aromatic rings. The van der Waals surface area contributed by atoms with Gasteiger partial charge in [0.15, 0.2) is 0 Å². The van der Waals surface area contributed by atoms with Gasteiger partial charge in [0.25, 0.3) is 5.91 Å². The molecule has 2 aliphatic rings. The van der Waals surface area contributed by atoms with Crippen LogP contribution in [-0.4, -0.2) is 67.9 Å². The van der Waals surface area contributed by atoms with Gasteiger partial charge in [-0.15, -0.1) is 0 Å². The predicted molar refractivity (Wildman–Crippen MR) is 134 cm³/mol. The molecule has 2 amide bonds. The Morgan fingerprint density at radius 3 is 2.69 bits per heavy atom. The van der Waals surface area contributed by atoms with Crippen molar-refractivity contribution >= 4 is 23.2 Å². The van der Waals surface area contributed by atoms with E-state index >= 15 is 0 Å². The van der Waals surface area contributed by atoms with Crippen LogP contribution in [0.25, 0.3) is 0 Å². The minimum Gasteiger partial charge on any atom is -0.492 e. The number of hydrazone groups is 1. The Morgan fingerprint density at radius 2 is 1.97 bits per heavy atom. The summed E-state index contributed by atoms with van der Waals surface area (Å²) in [5.74, 6) is -0.682. The molecule has 2 aromatic carbocycles. The van der Waals surface area contributed by atoms with E-state index < -0.39 is 23.7 Å². The number of rotatable bonds is 10. The van der Waals surface area contributed by atoms with Crippen LogP contribution in [0.15, 0.2) is 53.6 Å². The topological polar surface area (TPSA) is 109 Å². The first-order valence-corrected chi connectivity index (χ1v) is 12.1. The van der Waals surface area contributed by atoms with Crippen molar-refractivity contribution in [3.63, 3.8) is 0 Å². The molecular formula is C26H32FN5O4. The number of primary amides is 1. The van der Waals surface area contributed by atoms with Crippen LogP contribution in [-0.2, 0) is 20.9 Å².